The van der Waals surface area contributed by atoms with Crippen LogP contribution in [0.5, 0.6) is 11.5 Å². The summed E-state index contributed by atoms with van der Waals surface area (Å²) in [5.41, 5.74) is 0.723. The largest absolute Gasteiger partial charge is 0.486 e. The lowest BCUT2D eigenvalue weighted by Gasteiger charge is -2.32. The summed E-state index contributed by atoms with van der Waals surface area (Å²) in [7, 11) is 0. The molecule has 7 heteroatoms. The molecule has 0 aliphatic carbocycles. The van der Waals surface area contributed by atoms with Crippen LogP contribution in [0, 0.1) is 0 Å². The minimum Gasteiger partial charge on any atom is -0.486 e. The number of hydrogen-bond acceptors (Lipinski definition) is 3. The van der Waals surface area contributed by atoms with Crippen LogP contribution in [0.4, 0.5) is 5.69 Å². The zero-order valence-corrected chi connectivity index (χ0v) is 16.0. The SMILES string of the molecule is CCN(CC1COc2ccccc2O1)C(=S)Nc1ccc(Cl)cc1Cl. The van der Waals surface area contributed by atoms with Gasteiger partial charge in [0.2, 0.25) is 0 Å². The van der Waals surface area contributed by atoms with Gasteiger partial charge in [0.15, 0.2) is 22.7 Å². The molecule has 2 aromatic rings. The number of benzene rings is 2. The second kappa shape index (κ2) is 8.13. The van der Waals surface area contributed by atoms with Gasteiger partial charge in [-0.05, 0) is 49.5 Å². The number of halogens is 2. The Hall–Kier alpha value is -1.69. The molecule has 0 saturated heterocycles. The maximum Gasteiger partial charge on any atom is 0.173 e. The third-order valence-corrected chi connectivity index (χ3v) is 4.74. The molecular weight excluding hydrogens is 379 g/mol. The molecule has 0 radical (unpaired) electrons. The van der Waals surface area contributed by atoms with Crippen LogP contribution < -0.4 is 14.8 Å². The fourth-order valence-electron chi connectivity index (χ4n) is 2.54. The summed E-state index contributed by atoms with van der Waals surface area (Å²) in [5.74, 6) is 1.53. The first-order valence-electron chi connectivity index (χ1n) is 7.96. The predicted molar refractivity (Wildman–Crippen MR) is 106 cm³/mol. The summed E-state index contributed by atoms with van der Waals surface area (Å²) in [5, 5.41) is 4.85. The Labute approximate surface area is 162 Å². The van der Waals surface area contributed by atoms with Crippen LogP contribution in [0.3, 0.4) is 0 Å². The minimum absolute atomic E-state index is 0.102. The molecule has 2 aromatic carbocycles. The summed E-state index contributed by atoms with van der Waals surface area (Å²) in [6.07, 6.45) is -0.102. The van der Waals surface area contributed by atoms with Crippen molar-refractivity contribution in [1.82, 2.24) is 4.90 Å². The van der Waals surface area contributed by atoms with E-state index in [9.17, 15) is 0 Å². The summed E-state index contributed by atoms with van der Waals surface area (Å²) in [4.78, 5) is 2.02. The van der Waals surface area contributed by atoms with Crippen molar-refractivity contribution in [2.24, 2.45) is 0 Å². The summed E-state index contributed by atoms with van der Waals surface area (Å²) < 4.78 is 11.8. The summed E-state index contributed by atoms with van der Waals surface area (Å²) in [6, 6.07) is 12.9. The Morgan fingerprint density at radius 1 is 1.24 bits per heavy atom. The van der Waals surface area contributed by atoms with E-state index in [0.29, 0.717) is 28.3 Å². The Morgan fingerprint density at radius 2 is 2.00 bits per heavy atom. The van der Waals surface area contributed by atoms with Crippen LogP contribution in [0.1, 0.15) is 6.92 Å². The molecule has 1 heterocycles. The predicted octanol–water partition coefficient (Wildman–Crippen LogP) is 4.85. The van der Waals surface area contributed by atoms with Crippen LogP contribution in [-0.4, -0.2) is 35.8 Å². The van der Waals surface area contributed by atoms with Crippen molar-refractivity contribution in [2.75, 3.05) is 25.0 Å². The van der Waals surface area contributed by atoms with Crippen LogP contribution >= 0.6 is 35.4 Å². The number of fused-ring (bicyclic) bond motifs is 1. The van der Waals surface area contributed by atoms with E-state index in [-0.39, 0.29) is 6.10 Å². The van der Waals surface area contributed by atoms with E-state index in [2.05, 4.69) is 5.32 Å². The lowest BCUT2D eigenvalue weighted by molar-refractivity contribution is 0.0754. The molecule has 1 aliphatic heterocycles. The van der Waals surface area contributed by atoms with Gasteiger partial charge in [0, 0.05) is 11.6 Å². The number of para-hydroxylation sites is 2. The first-order chi connectivity index (χ1) is 12.1. The van der Waals surface area contributed by atoms with Crippen molar-refractivity contribution >= 4 is 46.2 Å². The second-order valence-corrected chi connectivity index (χ2v) is 6.82. The zero-order chi connectivity index (χ0) is 17.8. The number of ether oxygens (including phenoxy) is 2. The topological polar surface area (TPSA) is 33.7 Å². The lowest BCUT2D eigenvalue weighted by Crippen LogP contribution is -2.45. The van der Waals surface area contributed by atoms with E-state index in [0.717, 1.165) is 23.7 Å². The van der Waals surface area contributed by atoms with Crippen LogP contribution in [-0.2, 0) is 0 Å². The molecule has 132 valence electrons. The van der Waals surface area contributed by atoms with Gasteiger partial charge in [-0.3, -0.25) is 0 Å². The van der Waals surface area contributed by atoms with Crippen molar-refractivity contribution in [1.29, 1.82) is 0 Å². The maximum atomic E-state index is 6.20. The highest BCUT2D eigenvalue weighted by atomic mass is 35.5. The van der Waals surface area contributed by atoms with Crippen LogP contribution in [0.25, 0.3) is 0 Å². The quantitative estimate of drug-likeness (QED) is 0.746. The standard InChI is InChI=1S/C18H18Cl2N2O2S/c1-2-22(18(25)21-15-8-7-12(19)9-14(15)20)10-13-11-23-16-5-3-4-6-17(16)24-13/h3-9,13H,2,10-11H2,1H3,(H,21,25). The van der Waals surface area contributed by atoms with Crippen molar-refractivity contribution in [3.63, 3.8) is 0 Å². The molecule has 0 bridgehead atoms. The first kappa shape index (κ1) is 18.1. The van der Waals surface area contributed by atoms with Gasteiger partial charge in [-0.25, -0.2) is 0 Å². The molecule has 4 nitrogen and oxygen atoms in total. The van der Waals surface area contributed by atoms with Gasteiger partial charge in [-0.1, -0.05) is 35.3 Å². The minimum atomic E-state index is -0.102. The third kappa shape index (κ3) is 4.48. The number of likely N-dealkylation sites (N-methyl/N-ethyl adjacent to an activating group) is 1. The van der Waals surface area contributed by atoms with Crippen LogP contribution in [0.15, 0.2) is 42.5 Å². The third-order valence-electron chi connectivity index (χ3n) is 3.83. The number of rotatable bonds is 4. The monoisotopic (exact) mass is 396 g/mol. The Balaban J connectivity index is 1.63. The Kier molecular flexibility index (Phi) is 5.89. The molecule has 3 rings (SSSR count). The number of hydrogen-bond donors (Lipinski definition) is 1. The smallest absolute Gasteiger partial charge is 0.173 e. The van der Waals surface area contributed by atoms with E-state index < -0.39 is 0 Å². The fraction of sp³-hybridized carbons (Fsp3) is 0.278. The number of anilines is 1. The molecule has 0 spiro atoms. The number of nitrogens with one attached hydrogen (secondary N) is 1. The van der Waals surface area contributed by atoms with Gasteiger partial charge in [0.1, 0.15) is 6.61 Å². The van der Waals surface area contributed by atoms with E-state index in [4.69, 9.17) is 44.9 Å². The van der Waals surface area contributed by atoms with Gasteiger partial charge in [-0.15, -0.1) is 0 Å². The fourth-order valence-corrected chi connectivity index (χ4v) is 3.31. The molecule has 1 unspecified atom stereocenters. The summed E-state index contributed by atoms with van der Waals surface area (Å²) in [6.45, 7) is 3.87. The normalized spacial score (nSPS) is 15.6. The van der Waals surface area contributed by atoms with Crippen molar-refractivity contribution in [3.8, 4) is 11.5 Å². The average Bonchev–Trinajstić information content (AvgIpc) is 2.61. The molecule has 25 heavy (non-hydrogen) atoms. The molecule has 1 atom stereocenters. The van der Waals surface area contributed by atoms with Gasteiger partial charge in [-0.2, -0.15) is 0 Å². The highest BCUT2D eigenvalue weighted by molar-refractivity contribution is 7.80. The first-order valence-corrected chi connectivity index (χ1v) is 9.12. The van der Waals surface area contributed by atoms with Crippen LogP contribution in [0.2, 0.25) is 10.0 Å². The number of thiocarbonyl (C=S) groups is 1. The molecule has 1 aliphatic rings. The second-order valence-electron chi connectivity index (χ2n) is 5.59. The number of nitrogens with zero attached hydrogens (tertiary/aromatic N) is 1. The van der Waals surface area contributed by atoms with E-state index in [1.807, 2.05) is 36.1 Å². The highest BCUT2D eigenvalue weighted by Crippen LogP contribution is 2.31. The molecule has 0 fully saturated rings. The Morgan fingerprint density at radius 3 is 2.72 bits per heavy atom. The van der Waals surface area contributed by atoms with Crippen molar-refractivity contribution in [3.05, 3.63) is 52.5 Å². The molecule has 1 N–H and O–H groups in total. The van der Waals surface area contributed by atoms with E-state index in [1.54, 1.807) is 18.2 Å². The molecule has 0 saturated carbocycles. The van der Waals surface area contributed by atoms with Crippen molar-refractivity contribution < 1.29 is 9.47 Å². The maximum absolute atomic E-state index is 6.20. The summed E-state index contributed by atoms with van der Waals surface area (Å²) >= 11 is 17.6. The average molecular weight is 397 g/mol. The van der Waals surface area contributed by atoms with Gasteiger partial charge < -0.3 is 19.7 Å². The molecule has 0 amide bonds. The Bertz CT molecular complexity index is 772. The van der Waals surface area contributed by atoms with Gasteiger partial charge >= 0.3 is 0 Å². The van der Waals surface area contributed by atoms with Gasteiger partial charge in [0.05, 0.1) is 17.3 Å². The molecular formula is C18H18Cl2N2O2S. The zero-order valence-electron chi connectivity index (χ0n) is 13.7. The molecule has 0 aromatic heterocycles. The van der Waals surface area contributed by atoms with Gasteiger partial charge in [0.25, 0.3) is 0 Å². The van der Waals surface area contributed by atoms with Crippen molar-refractivity contribution in [2.45, 2.75) is 13.0 Å². The lowest BCUT2D eigenvalue weighted by atomic mass is 10.2. The van der Waals surface area contributed by atoms with E-state index >= 15 is 0 Å². The van der Waals surface area contributed by atoms with E-state index in [1.165, 1.54) is 0 Å². The highest BCUT2D eigenvalue weighted by Gasteiger charge is 2.23.